The molecule has 0 atom stereocenters. The highest BCUT2D eigenvalue weighted by atomic mass is 32.1. The second-order valence-corrected chi connectivity index (χ2v) is 3.66. The van der Waals surface area contributed by atoms with Crippen LogP contribution in [0.4, 0.5) is 5.95 Å². The van der Waals surface area contributed by atoms with Crippen LogP contribution in [-0.4, -0.2) is 24.5 Å². The predicted molar refractivity (Wildman–Crippen MR) is 58.7 cm³/mol. The molecule has 6 nitrogen and oxygen atoms in total. The van der Waals surface area contributed by atoms with Crippen molar-refractivity contribution >= 4 is 18.2 Å². The minimum absolute atomic E-state index is 0.413. The van der Waals surface area contributed by atoms with Crippen LogP contribution in [0, 0.1) is 4.77 Å². The number of hydrogen-bond donors (Lipinski definition) is 2. The molecule has 3 N–H and O–H groups in total. The molecule has 0 unspecified atom stereocenters. The Balaban J connectivity index is 2.08. The van der Waals surface area contributed by atoms with Gasteiger partial charge in [0.2, 0.25) is 5.95 Å². The molecule has 0 spiro atoms. The van der Waals surface area contributed by atoms with Gasteiger partial charge in [-0.2, -0.15) is 5.10 Å². The molecule has 0 fully saturated rings. The first-order valence-electron chi connectivity index (χ1n) is 4.56. The van der Waals surface area contributed by atoms with Crippen molar-refractivity contribution in [2.24, 2.45) is 7.05 Å². The molecular formula is C8H12N6S. The van der Waals surface area contributed by atoms with Crippen LogP contribution in [0.5, 0.6) is 0 Å². The Morgan fingerprint density at radius 1 is 1.60 bits per heavy atom. The smallest absolute Gasteiger partial charge is 0.220 e. The summed E-state index contributed by atoms with van der Waals surface area (Å²) in [6, 6.07) is 1.97. The topological polar surface area (TPSA) is 77.5 Å². The lowest BCUT2D eigenvalue weighted by molar-refractivity contribution is 0.663. The molecule has 0 aromatic carbocycles. The fraction of sp³-hybridized carbons (Fsp3) is 0.375. The van der Waals surface area contributed by atoms with E-state index in [1.54, 1.807) is 9.25 Å². The Morgan fingerprint density at radius 3 is 2.93 bits per heavy atom. The summed E-state index contributed by atoms with van der Waals surface area (Å²) in [5.41, 5.74) is 6.65. The van der Waals surface area contributed by atoms with Crippen LogP contribution in [0.2, 0.25) is 0 Å². The van der Waals surface area contributed by atoms with Gasteiger partial charge in [0, 0.05) is 26.2 Å². The molecule has 2 rings (SSSR count). The zero-order chi connectivity index (χ0) is 10.8. The van der Waals surface area contributed by atoms with E-state index in [0.717, 1.165) is 12.1 Å². The third-order valence-corrected chi connectivity index (χ3v) is 2.46. The van der Waals surface area contributed by atoms with Gasteiger partial charge in [0.25, 0.3) is 0 Å². The maximum atomic E-state index is 5.64. The Morgan fingerprint density at radius 2 is 2.40 bits per heavy atom. The van der Waals surface area contributed by atoms with Crippen LogP contribution < -0.4 is 5.73 Å². The molecule has 2 aromatic rings. The van der Waals surface area contributed by atoms with Crippen molar-refractivity contribution in [2.75, 3.05) is 5.73 Å². The molecule has 80 valence electrons. The largest absolute Gasteiger partial charge is 0.368 e. The maximum absolute atomic E-state index is 5.64. The summed E-state index contributed by atoms with van der Waals surface area (Å²) in [6.07, 6.45) is 2.70. The Hall–Kier alpha value is -1.63. The average Bonchev–Trinajstić information content (AvgIpc) is 2.73. The Kier molecular flexibility index (Phi) is 2.55. The van der Waals surface area contributed by atoms with Crippen molar-refractivity contribution in [3.8, 4) is 0 Å². The van der Waals surface area contributed by atoms with Crippen molar-refractivity contribution in [2.45, 2.75) is 13.0 Å². The van der Waals surface area contributed by atoms with Crippen molar-refractivity contribution in [1.82, 2.24) is 24.5 Å². The highest BCUT2D eigenvalue weighted by molar-refractivity contribution is 7.71. The van der Waals surface area contributed by atoms with Gasteiger partial charge in [0.15, 0.2) is 4.77 Å². The molecule has 7 heteroatoms. The first-order valence-corrected chi connectivity index (χ1v) is 4.97. The molecule has 0 aliphatic rings. The minimum Gasteiger partial charge on any atom is -0.368 e. The lowest BCUT2D eigenvalue weighted by Gasteiger charge is -2.00. The number of rotatable bonds is 3. The monoisotopic (exact) mass is 224 g/mol. The Bertz CT molecular complexity index is 507. The van der Waals surface area contributed by atoms with Crippen LogP contribution in [0.1, 0.15) is 5.69 Å². The summed E-state index contributed by atoms with van der Waals surface area (Å²) < 4.78 is 4.07. The summed E-state index contributed by atoms with van der Waals surface area (Å²) in [5.74, 6) is 0.413. The Labute approximate surface area is 91.7 Å². The van der Waals surface area contributed by atoms with Gasteiger partial charge in [-0.3, -0.25) is 9.25 Å². The molecule has 0 bridgehead atoms. The van der Waals surface area contributed by atoms with E-state index in [1.807, 2.05) is 19.3 Å². The number of H-pyrrole nitrogens is 1. The average molecular weight is 224 g/mol. The van der Waals surface area contributed by atoms with Crippen molar-refractivity contribution < 1.29 is 0 Å². The van der Waals surface area contributed by atoms with Gasteiger partial charge in [-0.15, -0.1) is 5.10 Å². The summed E-state index contributed by atoms with van der Waals surface area (Å²) in [4.78, 5) is 0. The van der Waals surface area contributed by atoms with Crippen molar-refractivity contribution in [3.63, 3.8) is 0 Å². The van der Waals surface area contributed by atoms with E-state index in [1.165, 1.54) is 0 Å². The normalized spacial score (nSPS) is 10.7. The minimum atomic E-state index is 0.413. The van der Waals surface area contributed by atoms with E-state index in [9.17, 15) is 0 Å². The van der Waals surface area contributed by atoms with Crippen LogP contribution in [0.3, 0.4) is 0 Å². The number of hydrogen-bond acceptors (Lipinski definition) is 4. The molecule has 0 radical (unpaired) electrons. The van der Waals surface area contributed by atoms with Gasteiger partial charge in [-0.25, -0.2) is 5.10 Å². The standard InChI is InChI=1S/C8H12N6S/c1-13-4-2-6(12-13)3-5-14-7(9)10-11-8(14)15/h2,4H,3,5H2,1H3,(H2,9,10)(H,11,15). The van der Waals surface area contributed by atoms with E-state index >= 15 is 0 Å². The first-order chi connectivity index (χ1) is 7.16. The molecule has 15 heavy (non-hydrogen) atoms. The number of aromatic nitrogens is 5. The number of aryl methyl sites for hydroxylation is 2. The fourth-order valence-corrected chi connectivity index (χ4v) is 1.60. The SMILES string of the molecule is Cn1ccc(CCn2c(N)n[nH]c2=S)n1. The zero-order valence-corrected chi connectivity index (χ0v) is 9.16. The van der Waals surface area contributed by atoms with Gasteiger partial charge in [0.1, 0.15) is 0 Å². The molecule has 0 saturated carbocycles. The molecule has 0 amide bonds. The number of nitrogen functional groups attached to an aromatic ring is 1. The van der Waals surface area contributed by atoms with E-state index in [2.05, 4.69) is 15.3 Å². The summed E-state index contributed by atoms with van der Waals surface area (Å²) >= 11 is 5.03. The van der Waals surface area contributed by atoms with Gasteiger partial charge in [-0.05, 0) is 18.3 Å². The maximum Gasteiger partial charge on any atom is 0.220 e. The third-order valence-electron chi connectivity index (χ3n) is 2.15. The first kappa shape index (κ1) is 9.91. The highest BCUT2D eigenvalue weighted by Gasteiger charge is 2.03. The summed E-state index contributed by atoms with van der Waals surface area (Å²) in [5, 5.41) is 10.7. The summed E-state index contributed by atoms with van der Waals surface area (Å²) in [6.45, 7) is 0.693. The molecule has 0 aliphatic heterocycles. The van der Waals surface area contributed by atoms with E-state index in [0.29, 0.717) is 17.3 Å². The number of nitrogens with zero attached hydrogens (tertiary/aromatic N) is 4. The fourth-order valence-electron chi connectivity index (χ4n) is 1.37. The molecule has 2 heterocycles. The van der Waals surface area contributed by atoms with Gasteiger partial charge in [0.05, 0.1) is 5.69 Å². The number of aromatic amines is 1. The second kappa shape index (κ2) is 3.85. The van der Waals surface area contributed by atoms with Crippen LogP contribution >= 0.6 is 12.2 Å². The molecule has 2 aromatic heterocycles. The van der Waals surface area contributed by atoms with E-state index in [4.69, 9.17) is 18.0 Å². The lowest BCUT2D eigenvalue weighted by Crippen LogP contribution is -2.06. The van der Waals surface area contributed by atoms with Crippen LogP contribution in [-0.2, 0) is 20.0 Å². The molecular weight excluding hydrogens is 212 g/mol. The highest BCUT2D eigenvalue weighted by Crippen LogP contribution is 2.03. The van der Waals surface area contributed by atoms with Crippen LogP contribution in [0.15, 0.2) is 12.3 Å². The van der Waals surface area contributed by atoms with Gasteiger partial charge >= 0.3 is 0 Å². The lowest BCUT2D eigenvalue weighted by atomic mass is 10.3. The quantitative estimate of drug-likeness (QED) is 0.744. The number of anilines is 1. The predicted octanol–water partition coefficient (Wildman–Crippen LogP) is 0.499. The van der Waals surface area contributed by atoms with Gasteiger partial charge in [-0.1, -0.05) is 0 Å². The van der Waals surface area contributed by atoms with Gasteiger partial charge < -0.3 is 5.73 Å². The third kappa shape index (κ3) is 2.07. The van der Waals surface area contributed by atoms with Crippen molar-refractivity contribution in [3.05, 3.63) is 22.7 Å². The number of nitrogens with two attached hydrogens (primary N) is 1. The molecule has 0 saturated heterocycles. The zero-order valence-electron chi connectivity index (χ0n) is 8.34. The second-order valence-electron chi connectivity index (χ2n) is 3.27. The molecule has 0 aliphatic carbocycles. The van der Waals surface area contributed by atoms with E-state index < -0.39 is 0 Å². The van der Waals surface area contributed by atoms with E-state index in [-0.39, 0.29) is 0 Å². The number of nitrogens with one attached hydrogen (secondary N) is 1. The summed E-state index contributed by atoms with van der Waals surface area (Å²) in [7, 11) is 1.89. The van der Waals surface area contributed by atoms with Crippen LogP contribution in [0.25, 0.3) is 0 Å². The van der Waals surface area contributed by atoms with Crippen molar-refractivity contribution in [1.29, 1.82) is 0 Å².